The molecular formula is C12H15F3O2. The molecule has 0 radical (unpaired) electrons. The summed E-state index contributed by atoms with van der Waals surface area (Å²) in [6, 6.07) is 5.64. The highest BCUT2D eigenvalue weighted by atomic mass is 19.4. The van der Waals surface area contributed by atoms with Gasteiger partial charge in [-0.3, -0.25) is 0 Å². The van der Waals surface area contributed by atoms with Gasteiger partial charge in [0.1, 0.15) is 11.7 Å². The number of ether oxygens (including phenoxy) is 1. The predicted octanol–water partition coefficient (Wildman–Crippen LogP) is 3.11. The number of halogens is 3. The van der Waals surface area contributed by atoms with Gasteiger partial charge in [-0.15, -0.1) is 0 Å². The molecule has 0 bridgehead atoms. The van der Waals surface area contributed by atoms with Crippen molar-refractivity contribution in [1.82, 2.24) is 0 Å². The van der Waals surface area contributed by atoms with Crippen molar-refractivity contribution in [2.24, 2.45) is 0 Å². The summed E-state index contributed by atoms with van der Waals surface area (Å²) in [5, 5.41) is 8.77. The fourth-order valence-corrected chi connectivity index (χ4v) is 1.41. The van der Waals surface area contributed by atoms with Crippen LogP contribution in [0, 0.1) is 0 Å². The quantitative estimate of drug-likeness (QED) is 0.867. The molecule has 0 fully saturated rings. The van der Waals surface area contributed by atoms with E-state index in [0.717, 1.165) is 6.42 Å². The van der Waals surface area contributed by atoms with Crippen LogP contribution in [0.5, 0.6) is 5.75 Å². The Kier molecular flexibility index (Phi) is 4.81. The van der Waals surface area contributed by atoms with Gasteiger partial charge in [0.2, 0.25) is 0 Å². The molecule has 1 aromatic carbocycles. The molecule has 0 heterocycles. The van der Waals surface area contributed by atoms with Crippen molar-refractivity contribution in [2.75, 3.05) is 13.2 Å². The topological polar surface area (TPSA) is 29.5 Å². The average molecular weight is 248 g/mol. The fourth-order valence-electron chi connectivity index (χ4n) is 1.41. The van der Waals surface area contributed by atoms with Gasteiger partial charge in [-0.05, 0) is 24.1 Å². The molecule has 0 aliphatic rings. The van der Waals surface area contributed by atoms with Gasteiger partial charge in [0, 0.05) is 0 Å². The lowest BCUT2D eigenvalue weighted by Gasteiger charge is -2.18. The highest BCUT2D eigenvalue weighted by Crippen LogP contribution is 2.34. The Morgan fingerprint density at radius 2 is 1.82 bits per heavy atom. The zero-order chi connectivity index (χ0) is 12.9. The molecule has 17 heavy (non-hydrogen) atoms. The number of aliphatic hydroxyl groups is 1. The summed E-state index contributed by atoms with van der Waals surface area (Å²) in [7, 11) is 0. The molecule has 0 aliphatic heterocycles. The van der Waals surface area contributed by atoms with E-state index in [1.54, 1.807) is 0 Å². The summed E-state index contributed by atoms with van der Waals surface area (Å²) < 4.78 is 42.8. The highest BCUT2D eigenvalue weighted by molar-refractivity contribution is 5.30. The Morgan fingerprint density at radius 3 is 2.24 bits per heavy atom. The Labute approximate surface area is 98.0 Å². The predicted molar refractivity (Wildman–Crippen MR) is 58.1 cm³/mol. The zero-order valence-corrected chi connectivity index (χ0v) is 9.50. The number of hydrogen-bond acceptors (Lipinski definition) is 2. The summed E-state index contributed by atoms with van der Waals surface area (Å²) in [6.45, 7) is 1.53. The normalized spacial score (nSPS) is 13.5. The monoisotopic (exact) mass is 248 g/mol. The molecule has 2 nitrogen and oxygen atoms in total. The lowest BCUT2D eigenvalue weighted by atomic mass is 9.99. The molecule has 1 atom stereocenters. The number of alkyl halides is 3. The van der Waals surface area contributed by atoms with E-state index in [2.05, 4.69) is 0 Å². The standard InChI is InChI=1S/C12H15F3O2/c1-2-7-17-10-5-3-9(4-6-10)11(8-16)12(13,14)15/h3-6,11,16H,2,7-8H2,1H3. The van der Waals surface area contributed by atoms with Gasteiger partial charge in [0.05, 0.1) is 13.2 Å². The van der Waals surface area contributed by atoms with Crippen LogP contribution in [0.1, 0.15) is 24.8 Å². The summed E-state index contributed by atoms with van der Waals surface area (Å²) in [5.74, 6) is -1.29. The number of rotatable bonds is 5. The van der Waals surface area contributed by atoms with Gasteiger partial charge in [0.25, 0.3) is 0 Å². The largest absolute Gasteiger partial charge is 0.494 e. The van der Waals surface area contributed by atoms with E-state index in [-0.39, 0.29) is 5.56 Å². The first kappa shape index (κ1) is 13.8. The maximum absolute atomic E-state index is 12.5. The lowest BCUT2D eigenvalue weighted by molar-refractivity contribution is -0.158. The molecule has 0 aromatic heterocycles. The van der Waals surface area contributed by atoms with Crippen LogP contribution in [-0.2, 0) is 0 Å². The van der Waals surface area contributed by atoms with Crippen molar-refractivity contribution >= 4 is 0 Å². The molecule has 96 valence electrons. The number of hydrogen-bond donors (Lipinski definition) is 1. The Balaban J connectivity index is 2.78. The van der Waals surface area contributed by atoms with E-state index in [9.17, 15) is 13.2 Å². The molecule has 1 N–H and O–H groups in total. The second kappa shape index (κ2) is 5.91. The van der Waals surface area contributed by atoms with Crippen molar-refractivity contribution in [2.45, 2.75) is 25.4 Å². The van der Waals surface area contributed by atoms with E-state index in [0.29, 0.717) is 12.4 Å². The van der Waals surface area contributed by atoms with Gasteiger partial charge in [-0.1, -0.05) is 19.1 Å². The van der Waals surface area contributed by atoms with E-state index in [1.165, 1.54) is 24.3 Å². The molecule has 1 unspecified atom stereocenters. The van der Waals surface area contributed by atoms with E-state index < -0.39 is 18.7 Å². The molecule has 0 saturated carbocycles. The van der Waals surface area contributed by atoms with E-state index in [1.807, 2.05) is 6.92 Å². The number of benzene rings is 1. The maximum atomic E-state index is 12.5. The summed E-state index contributed by atoms with van der Waals surface area (Å²) in [4.78, 5) is 0. The molecular weight excluding hydrogens is 233 g/mol. The van der Waals surface area contributed by atoms with Crippen molar-refractivity contribution in [3.8, 4) is 5.75 Å². The molecule has 0 saturated heterocycles. The first-order valence-electron chi connectivity index (χ1n) is 5.39. The van der Waals surface area contributed by atoms with Crippen LogP contribution in [0.2, 0.25) is 0 Å². The first-order valence-corrected chi connectivity index (χ1v) is 5.39. The van der Waals surface area contributed by atoms with Crippen LogP contribution in [0.15, 0.2) is 24.3 Å². The SMILES string of the molecule is CCCOc1ccc(C(CO)C(F)(F)F)cc1. The minimum atomic E-state index is -4.43. The Bertz CT molecular complexity index is 333. The van der Waals surface area contributed by atoms with Crippen LogP contribution in [-0.4, -0.2) is 24.5 Å². The molecule has 5 heteroatoms. The second-order valence-corrected chi connectivity index (χ2v) is 3.69. The highest BCUT2D eigenvalue weighted by Gasteiger charge is 2.40. The minimum Gasteiger partial charge on any atom is -0.494 e. The van der Waals surface area contributed by atoms with Crippen LogP contribution in [0.4, 0.5) is 13.2 Å². The molecule has 0 aliphatic carbocycles. The zero-order valence-electron chi connectivity index (χ0n) is 9.50. The molecule has 0 spiro atoms. The fraction of sp³-hybridized carbons (Fsp3) is 0.500. The van der Waals surface area contributed by atoms with Gasteiger partial charge in [0.15, 0.2) is 0 Å². The maximum Gasteiger partial charge on any atom is 0.397 e. The Hall–Kier alpha value is -1.23. The van der Waals surface area contributed by atoms with Gasteiger partial charge >= 0.3 is 6.18 Å². The van der Waals surface area contributed by atoms with Crippen molar-refractivity contribution < 1.29 is 23.0 Å². The van der Waals surface area contributed by atoms with Crippen LogP contribution in [0.3, 0.4) is 0 Å². The molecule has 1 aromatic rings. The van der Waals surface area contributed by atoms with Crippen molar-refractivity contribution in [1.29, 1.82) is 0 Å². The average Bonchev–Trinajstić information content (AvgIpc) is 2.27. The van der Waals surface area contributed by atoms with Gasteiger partial charge in [-0.2, -0.15) is 13.2 Å². The first-order chi connectivity index (χ1) is 7.99. The van der Waals surface area contributed by atoms with Crippen molar-refractivity contribution in [3.63, 3.8) is 0 Å². The van der Waals surface area contributed by atoms with Crippen LogP contribution >= 0.6 is 0 Å². The third-order valence-electron chi connectivity index (χ3n) is 2.33. The smallest absolute Gasteiger partial charge is 0.397 e. The van der Waals surface area contributed by atoms with E-state index in [4.69, 9.17) is 9.84 Å². The third-order valence-corrected chi connectivity index (χ3v) is 2.33. The van der Waals surface area contributed by atoms with Gasteiger partial charge in [-0.25, -0.2) is 0 Å². The second-order valence-electron chi connectivity index (χ2n) is 3.69. The van der Waals surface area contributed by atoms with E-state index >= 15 is 0 Å². The number of aliphatic hydroxyl groups excluding tert-OH is 1. The van der Waals surface area contributed by atoms with Crippen LogP contribution < -0.4 is 4.74 Å². The summed E-state index contributed by atoms with van der Waals surface area (Å²) in [6.07, 6.45) is -3.59. The summed E-state index contributed by atoms with van der Waals surface area (Å²) in [5.41, 5.74) is 0.0452. The minimum absolute atomic E-state index is 0.0452. The van der Waals surface area contributed by atoms with Crippen LogP contribution in [0.25, 0.3) is 0 Å². The molecule has 0 amide bonds. The third kappa shape index (κ3) is 3.93. The van der Waals surface area contributed by atoms with Gasteiger partial charge < -0.3 is 9.84 Å². The lowest BCUT2D eigenvalue weighted by Crippen LogP contribution is -2.23. The van der Waals surface area contributed by atoms with Crippen molar-refractivity contribution in [3.05, 3.63) is 29.8 Å². The molecule has 1 rings (SSSR count). The Morgan fingerprint density at radius 1 is 1.24 bits per heavy atom. The summed E-state index contributed by atoms with van der Waals surface area (Å²) >= 11 is 0.